The van der Waals surface area contributed by atoms with Crippen LogP contribution in [0, 0.1) is 25.2 Å². The molecule has 0 spiro atoms. The van der Waals surface area contributed by atoms with Crippen LogP contribution in [0.15, 0.2) is 17.0 Å². The van der Waals surface area contributed by atoms with E-state index in [4.69, 9.17) is 5.26 Å². The van der Waals surface area contributed by atoms with Crippen molar-refractivity contribution in [3.05, 3.63) is 23.3 Å². The van der Waals surface area contributed by atoms with Crippen molar-refractivity contribution in [3.8, 4) is 6.07 Å². The van der Waals surface area contributed by atoms with Gasteiger partial charge in [-0.3, -0.25) is 0 Å². The number of aryl methyl sites for hydroxylation is 2. The molecule has 1 N–H and O–H groups in total. The fourth-order valence-corrected chi connectivity index (χ4v) is 4.10. The number of benzene rings is 1. The molecule has 0 aromatic heterocycles. The highest BCUT2D eigenvalue weighted by Gasteiger charge is 2.39. The number of nitriles is 1. The lowest BCUT2D eigenvalue weighted by molar-refractivity contribution is 0.577. The Morgan fingerprint density at radius 2 is 2.00 bits per heavy atom. The Bertz CT molecular complexity index is 614. The highest BCUT2D eigenvalue weighted by molar-refractivity contribution is 7.92. The molecule has 17 heavy (non-hydrogen) atoms. The fraction of sp³-hybridized carbons (Fsp3) is 0.417. The van der Waals surface area contributed by atoms with E-state index in [0.717, 1.165) is 11.1 Å². The standard InChI is InChI=1S/C12H14N2O2S/c1-7-4-8(2)12-10(5-7)17(15,16)11(6-13)9(3)14-12/h4-5,9,11,14H,1-3H3. The van der Waals surface area contributed by atoms with Crippen LogP contribution in [0.2, 0.25) is 0 Å². The number of hydrogen-bond donors (Lipinski definition) is 1. The highest BCUT2D eigenvalue weighted by atomic mass is 32.2. The molecule has 4 nitrogen and oxygen atoms in total. The van der Waals surface area contributed by atoms with Gasteiger partial charge < -0.3 is 5.32 Å². The van der Waals surface area contributed by atoms with E-state index < -0.39 is 15.1 Å². The monoisotopic (exact) mass is 250 g/mol. The molecular formula is C12H14N2O2S. The minimum absolute atomic E-state index is 0.250. The van der Waals surface area contributed by atoms with Gasteiger partial charge in [0.15, 0.2) is 15.1 Å². The van der Waals surface area contributed by atoms with Gasteiger partial charge >= 0.3 is 0 Å². The molecule has 1 aromatic carbocycles. The maximum absolute atomic E-state index is 12.3. The second-order valence-corrected chi connectivity index (χ2v) is 6.52. The molecule has 0 amide bonds. The molecule has 0 saturated heterocycles. The minimum Gasteiger partial charge on any atom is -0.379 e. The molecule has 0 bridgehead atoms. The summed E-state index contributed by atoms with van der Waals surface area (Å²) in [6.45, 7) is 5.43. The molecule has 0 fully saturated rings. The van der Waals surface area contributed by atoms with Crippen molar-refractivity contribution in [3.63, 3.8) is 0 Å². The first-order valence-electron chi connectivity index (χ1n) is 5.39. The summed E-state index contributed by atoms with van der Waals surface area (Å²) in [4.78, 5) is 0.250. The quantitative estimate of drug-likeness (QED) is 0.762. The first-order chi connectivity index (χ1) is 7.87. The zero-order chi connectivity index (χ0) is 12.8. The van der Waals surface area contributed by atoms with E-state index in [1.165, 1.54) is 0 Å². The van der Waals surface area contributed by atoms with E-state index in [2.05, 4.69) is 5.32 Å². The number of rotatable bonds is 0. The lowest BCUT2D eigenvalue weighted by atomic mass is 10.1. The fourth-order valence-electron chi connectivity index (χ4n) is 2.23. The Labute approximate surface area is 101 Å². The number of nitrogens with one attached hydrogen (secondary N) is 1. The first-order valence-corrected chi connectivity index (χ1v) is 6.94. The van der Waals surface area contributed by atoms with Crippen LogP contribution in [-0.2, 0) is 9.84 Å². The Balaban J connectivity index is 2.77. The topological polar surface area (TPSA) is 70.0 Å². The lowest BCUT2D eigenvalue weighted by Crippen LogP contribution is -2.41. The molecule has 0 saturated carbocycles. The van der Waals surface area contributed by atoms with E-state index in [1.54, 1.807) is 13.0 Å². The third-order valence-corrected chi connectivity index (χ3v) is 5.16. The molecular weight excluding hydrogens is 236 g/mol. The van der Waals surface area contributed by atoms with Gasteiger partial charge in [-0.2, -0.15) is 5.26 Å². The lowest BCUT2D eigenvalue weighted by Gasteiger charge is -2.29. The average Bonchev–Trinajstić information content (AvgIpc) is 2.20. The van der Waals surface area contributed by atoms with E-state index in [-0.39, 0.29) is 10.9 Å². The van der Waals surface area contributed by atoms with Crippen LogP contribution in [-0.4, -0.2) is 19.7 Å². The van der Waals surface area contributed by atoms with Gasteiger partial charge in [0, 0.05) is 0 Å². The molecule has 1 aliphatic rings. The summed E-state index contributed by atoms with van der Waals surface area (Å²) in [6, 6.07) is 5.04. The molecule has 5 heteroatoms. The van der Waals surface area contributed by atoms with Crippen molar-refractivity contribution < 1.29 is 8.42 Å². The van der Waals surface area contributed by atoms with Gasteiger partial charge in [-0.15, -0.1) is 0 Å². The molecule has 0 aliphatic carbocycles. The van der Waals surface area contributed by atoms with Crippen LogP contribution in [0.4, 0.5) is 5.69 Å². The molecule has 1 aromatic rings. The van der Waals surface area contributed by atoms with Crippen LogP contribution in [0.5, 0.6) is 0 Å². The van der Waals surface area contributed by atoms with Crippen molar-refractivity contribution in [1.29, 1.82) is 5.26 Å². The summed E-state index contributed by atoms with van der Waals surface area (Å²) < 4.78 is 24.6. The van der Waals surface area contributed by atoms with Gasteiger partial charge in [0.05, 0.1) is 22.7 Å². The number of anilines is 1. The maximum Gasteiger partial charge on any atom is 0.198 e. The number of fused-ring (bicyclic) bond motifs is 1. The van der Waals surface area contributed by atoms with Crippen LogP contribution < -0.4 is 5.32 Å². The van der Waals surface area contributed by atoms with E-state index in [0.29, 0.717) is 5.69 Å². The van der Waals surface area contributed by atoms with Gasteiger partial charge in [0.2, 0.25) is 0 Å². The predicted molar refractivity (Wildman–Crippen MR) is 65.6 cm³/mol. The molecule has 2 rings (SSSR count). The second-order valence-electron chi connectivity index (χ2n) is 4.48. The smallest absolute Gasteiger partial charge is 0.198 e. The van der Waals surface area contributed by atoms with E-state index in [9.17, 15) is 8.42 Å². The summed E-state index contributed by atoms with van der Waals surface area (Å²) >= 11 is 0. The summed E-state index contributed by atoms with van der Waals surface area (Å²) in [5.74, 6) is 0. The normalized spacial score (nSPS) is 25.5. The van der Waals surface area contributed by atoms with Gasteiger partial charge in [-0.05, 0) is 38.0 Å². The largest absolute Gasteiger partial charge is 0.379 e. The van der Waals surface area contributed by atoms with Crippen molar-refractivity contribution in [1.82, 2.24) is 0 Å². The van der Waals surface area contributed by atoms with Crippen molar-refractivity contribution in [2.75, 3.05) is 5.32 Å². The van der Waals surface area contributed by atoms with Gasteiger partial charge in [-0.1, -0.05) is 6.07 Å². The summed E-state index contributed by atoms with van der Waals surface area (Å²) in [5, 5.41) is 11.1. The van der Waals surface area contributed by atoms with Crippen LogP contribution in [0.3, 0.4) is 0 Å². The molecule has 1 heterocycles. The van der Waals surface area contributed by atoms with Gasteiger partial charge in [-0.25, -0.2) is 8.42 Å². The molecule has 2 atom stereocenters. The zero-order valence-corrected chi connectivity index (χ0v) is 10.8. The minimum atomic E-state index is -3.55. The van der Waals surface area contributed by atoms with Crippen molar-refractivity contribution in [2.45, 2.75) is 37.0 Å². The second kappa shape index (κ2) is 3.74. The average molecular weight is 250 g/mol. The van der Waals surface area contributed by atoms with Crippen LogP contribution >= 0.6 is 0 Å². The summed E-state index contributed by atoms with van der Waals surface area (Å²) in [6.07, 6.45) is 0. The van der Waals surface area contributed by atoms with E-state index in [1.807, 2.05) is 26.0 Å². The zero-order valence-electron chi connectivity index (χ0n) is 9.98. The predicted octanol–water partition coefficient (Wildman–Crippen LogP) is 1.78. The highest BCUT2D eigenvalue weighted by Crippen LogP contribution is 2.35. The third kappa shape index (κ3) is 1.69. The Morgan fingerprint density at radius 1 is 1.35 bits per heavy atom. The number of hydrogen-bond acceptors (Lipinski definition) is 4. The number of nitrogens with zero attached hydrogens (tertiary/aromatic N) is 1. The van der Waals surface area contributed by atoms with Crippen LogP contribution in [0.25, 0.3) is 0 Å². The molecule has 2 unspecified atom stereocenters. The van der Waals surface area contributed by atoms with Crippen molar-refractivity contribution in [2.24, 2.45) is 0 Å². The Hall–Kier alpha value is -1.54. The Morgan fingerprint density at radius 3 is 2.59 bits per heavy atom. The molecule has 1 aliphatic heterocycles. The third-order valence-electron chi connectivity index (χ3n) is 3.04. The van der Waals surface area contributed by atoms with Crippen LogP contribution in [0.1, 0.15) is 18.1 Å². The number of sulfone groups is 1. The maximum atomic E-state index is 12.3. The summed E-state index contributed by atoms with van der Waals surface area (Å²) in [5.41, 5.74) is 2.42. The first kappa shape index (κ1) is 11.9. The molecule has 0 radical (unpaired) electrons. The molecule has 90 valence electrons. The Kier molecular flexibility index (Phi) is 2.63. The van der Waals surface area contributed by atoms with Gasteiger partial charge in [0.25, 0.3) is 0 Å². The van der Waals surface area contributed by atoms with E-state index >= 15 is 0 Å². The van der Waals surface area contributed by atoms with Gasteiger partial charge in [0.1, 0.15) is 0 Å². The van der Waals surface area contributed by atoms with Crippen molar-refractivity contribution >= 4 is 15.5 Å². The SMILES string of the molecule is Cc1cc(C)c2c(c1)S(=O)(=O)C(C#N)C(C)N2. The summed E-state index contributed by atoms with van der Waals surface area (Å²) in [7, 11) is -3.55.